The molecule has 0 spiro atoms. The fraction of sp³-hybridized carbons (Fsp3) is 0.318. The first-order valence-electron chi connectivity index (χ1n) is 10.3. The number of sulfone groups is 1. The summed E-state index contributed by atoms with van der Waals surface area (Å²) in [4.78, 5) is 33.4. The maximum absolute atomic E-state index is 13.3. The van der Waals surface area contributed by atoms with Crippen molar-refractivity contribution in [2.24, 2.45) is 7.05 Å². The number of nitrogens with zero attached hydrogens (tertiary/aromatic N) is 5. The van der Waals surface area contributed by atoms with E-state index in [2.05, 4.69) is 4.90 Å². The molecule has 0 aliphatic carbocycles. The number of piperazine rings is 1. The number of rotatable bonds is 2. The molecule has 166 valence electrons. The van der Waals surface area contributed by atoms with Crippen LogP contribution in [0.2, 0.25) is 0 Å². The van der Waals surface area contributed by atoms with Crippen molar-refractivity contribution in [1.29, 1.82) is 0 Å². The number of carbonyl (C=O) groups excluding carboxylic acids is 1. The molecule has 0 atom stereocenters. The average Bonchev–Trinajstić information content (AvgIpc) is 3.05. The summed E-state index contributed by atoms with van der Waals surface area (Å²) in [6.07, 6.45) is 1.06. The van der Waals surface area contributed by atoms with E-state index in [9.17, 15) is 18.0 Å². The Kier molecular flexibility index (Phi) is 4.52. The number of amides is 1. The van der Waals surface area contributed by atoms with Gasteiger partial charge < -0.3 is 14.4 Å². The minimum atomic E-state index is -3.80. The van der Waals surface area contributed by atoms with Gasteiger partial charge in [0.05, 0.1) is 16.4 Å². The van der Waals surface area contributed by atoms with Gasteiger partial charge in [0, 0.05) is 46.4 Å². The second kappa shape index (κ2) is 7.06. The molecule has 10 heteroatoms. The first-order chi connectivity index (χ1) is 15.2. The van der Waals surface area contributed by atoms with Gasteiger partial charge in [0.2, 0.25) is 11.3 Å². The standard InChI is InChI=1S/C22H23N5O4S/c1-14(28)25-10-12-26(13-11-25)18-9-8-15-19(29)20(32(3,30)31)22-24(2)16-6-4-5-7-17(16)27(22)21(15)23-18/h4-9H,10-13H2,1-3H3. The third-order valence-corrected chi connectivity index (χ3v) is 7.27. The smallest absolute Gasteiger partial charge is 0.219 e. The number of carbonyl (C=O) groups is 1. The monoisotopic (exact) mass is 453 g/mol. The molecule has 1 aromatic carbocycles. The first-order valence-corrected chi connectivity index (χ1v) is 12.2. The van der Waals surface area contributed by atoms with E-state index in [1.807, 2.05) is 24.3 Å². The van der Waals surface area contributed by atoms with Crippen LogP contribution >= 0.6 is 0 Å². The highest BCUT2D eigenvalue weighted by Gasteiger charge is 2.26. The van der Waals surface area contributed by atoms with Gasteiger partial charge in [-0.05, 0) is 24.3 Å². The SMILES string of the molecule is CC(=O)N1CCN(c2ccc3c(=O)c(S(C)(=O)=O)c4n(C)c5ccccc5n4c3n2)CC1. The van der Waals surface area contributed by atoms with Crippen molar-refractivity contribution in [2.45, 2.75) is 11.8 Å². The summed E-state index contributed by atoms with van der Waals surface area (Å²) in [5.41, 5.74) is 1.74. The number of anilines is 1. The fourth-order valence-corrected chi connectivity index (χ4v) is 5.56. The number of aromatic nitrogens is 3. The summed E-state index contributed by atoms with van der Waals surface area (Å²) in [5, 5.41) is 0.255. The summed E-state index contributed by atoms with van der Waals surface area (Å²) < 4.78 is 28.8. The molecule has 0 saturated carbocycles. The van der Waals surface area contributed by atoms with Crippen molar-refractivity contribution in [3.05, 3.63) is 46.6 Å². The molecular formula is C22H23N5O4S. The molecule has 1 amide bonds. The van der Waals surface area contributed by atoms with Crippen molar-refractivity contribution < 1.29 is 13.2 Å². The van der Waals surface area contributed by atoms with Gasteiger partial charge in [-0.2, -0.15) is 0 Å². The molecule has 0 bridgehead atoms. The third-order valence-electron chi connectivity index (χ3n) is 6.16. The number of pyridine rings is 2. The van der Waals surface area contributed by atoms with Crippen LogP contribution in [0.25, 0.3) is 27.7 Å². The van der Waals surface area contributed by atoms with Crippen LogP contribution in [0.15, 0.2) is 46.1 Å². The second-order valence-corrected chi connectivity index (χ2v) is 10.1. The van der Waals surface area contributed by atoms with Gasteiger partial charge in [0.1, 0.15) is 11.5 Å². The summed E-state index contributed by atoms with van der Waals surface area (Å²) in [6, 6.07) is 10.9. The highest BCUT2D eigenvalue weighted by Crippen LogP contribution is 2.28. The zero-order chi connectivity index (χ0) is 22.8. The predicted molar refractivity (Wildman–Crippen MR) is 123 cm³/mol. The Morgan fingerprint density at radius 3 is 2.28 bits per heavy atom. The van der Waals surface area contributed by atoms with E-state index >= 15 is 0 Å². The first kappa shape index (κ1) is 20.5. The molecule has 32 heavy (non-hydrogen) atoms. The summed E-state index contributed by atoms with van der Waals surface area (Å²) in [6.45, 7) is 4.03. The molecule has 1 aliphatic heterocycles. The normalized spacial score (nSPS) is 15.2. The Morgan fingerprint density at radius 1 is 1.00 bits per heavy atom. The van der Waals surface area contributed by atoms with Crippen LogP contribution in [-0.4, -0.2) is 65.6 Å². The number of hydrogen-bond acceptors (Lipinski definition) is 6. The van der Waals surface area contributed by atoms with Crippen LogP contribution in [0.1, 0.15) is 6.92 Å². The molecule has 4 aromatic rings. The lowest BCUT2D eigenvalue weighted by molar-refractivity contribution is -0.129. The van der Waals surface area contributed by atoms with Crippen LogP contribution in [0.4, 0.5) is 5.82 Å². The predicted octanol–water partition coefficient (Wildman–Crippen LogP) is 1.41. The Labute approximate surface area is 184 Å². The zero-order valence-corrected chi connectivity index (χ0v) is 18.9. The van der Waals surface area contributed by atoms with E-state index in [4.69, 9.17) is 4.98 Å². The minimum absolute atomic E-state index is 0.0495. The van der Waals surface area contributed by atoms with Crippen molar-refractivity contribution in [3.63, 3.8) is 0 Å². The summed E-state index contributed by atoms with van der Waals surface area (Å²) in [7, 11) is -2.04. The highest BCUT2D eigenvalue weighted by molar-refractivity contribution is 7.91. The lowest BCUT2D eigenvalue weighted by Crippen LogP contribution is -2.48. The van der Waals surface area contributed by atoms with Crippen molar-refractivity contribution >= 4 is 49.3 Å². The molecule has 5 rings (SSSR count). The number of aryl methyl sites for hydroxylation is 1. The van der Waals surface area contributed by atoms with Crippen molar-refractivity contribution in [1.82, 2.24) is 18.9 Å². The van der Waals surface area contributed by atoms with Crippen LogP contribution in [0.3, 0.4) is 0 Å². The lowest BCUT2D eigenvalue weighted by atomic mass is 10.2. The van der Waals surface area contributed by atoms with Gasteiger partial charge in [0.25, 0.3) is 0 Å². The number of hydrogen-bond donors (Lipinski definition) is 0. The van der Waals surface area contributed by atoms with Gasteiger partial charge in [-0.15, -0.1) is 0 Å². The molecule has 0 N–H and O–H groups in total. The Morgan fingerprint density at radius 2 is 1.66 bits per heavy atom. The second-order valence-electron chi connectivity index (χ2n) is 8.17. The van der Waals surface area contributed by atoms with Crippen LogP contribution in [0, 0.1) is 0 Å². The number of imidazole rings is 1. The van der Waals surface area contributed by atoms with Crippen LogP contribution in [-0.2, 0) is 21.7 Å². The van der Waals surface area contributed by atoms with Crippen molar-refractivity contribution in [3.8, 4) is 0 Å². The minimum Gasteiger partial charge on any atom is -0.353 e. The van der Waals surface area contributed by atoms with Crippen LogP contribution < -0.4 is 10.3 Å². The van der Waals surface area contributed by atoms with E-state index in [1.165, 1.54) is 0 Å². The Bertz CT molecular complexity index is 1580. The molecular weight excluding hydrogens is 430 g/mol. The quantitative estimate of drug-likeness (QED) is 0.455. The molecule has 1 fully saturated rings. The average molecular weight is 454 g/mol. The summed E-state index contributed by atoms with van der Waals surface area (Å²) in [5.74, 6) is 0.738. The third kappa shape index (κ3) is 2.97. The van der Waals surface area contributed by atoms with Gasteiger partial charge in [-0.1, -0.05) is 12.1 Å². The van der Waals surface area contributed by atoms with Gasteiger partial charge >= 0.3 is 0 Å². The number of para-hydroxylation sites is 2. The fourth-order valence-electron chi connectivity index (χ4n) is 4.55. The van der Waals surface area contributed by atoms with E-state index in [0.717, 1.165) is 17.3 Å². The number of benzene rings is 1. The van der Waals surface area contributed by atoms with Gasteiger partial charge in [0.15, 0.2) is 20.4 Å². The molecule has 1 aliphatic rings. The topological polar surface area (TPSA) is 97.0 Å². The number of fused-ring (bicyclic) bond motifs is 5. The Hall–Kier alpha value is -3.40. The largest absolute Gasteiger partial charge is 0.353 e. The van der Waals surface area contributed by atoms with E-state index in [1.54, 1.807) is 40.0 Å². The van der Waals surface area contributed by atoms with E-state index < -0.39 is 15.3 Å². The maximum Gasteiger partial charge on any atom is 0.219 e. The van der Waals surface area contributed by atoms with Gasteiger partial charge in [-0.25, -0.2) is 13.4 Å². The van der Waals surface area contributed by atoms with E-state index in [-0.39, 0.29) is 16.2 Å². The Balaban J connectivity index is 1.82. The lowest BCUT2D eigenvalue weighted by Gasteiger charge is -2.35. The summed E-state index contributed by atoms with van der Waals surface area (Å²) >= 11 is 0. The molecule has 3 aromatic heterocycles. The van der Waals surface area contributed by atoms with Crippen molar-refractivity contribution in [2.75, 3.05) is 37.3 Å². The van der Waals surface area contributed by atoms with Crippen LogP contribution in [0.5, 0.6) is 0 Å². The molecule has 1 saturated heterocycles. The molecule has 0 radical (unpaired) electrons. The molecule has 4 heterocycles. The molecule has 9 nitrogen and oxygen atoms in total. The highest BCUT2D eigenvalue weighted by atomic mass is 32.2. The zero-order valence-electron chi connectivity index (χ0n) is 18.1. The van der Waals surface area contributed by atoms with Gasteiger partial charge in [-0.3, -0.25) is 14.0 Å². The van der Waals surface area contributed by atoms with E-state index in [0.29, 0.717) is 43.3 Å². The molecule has 0 unspecified atom stereocenters. The maximum atomic E-state index is 13.3.